The number of aryl methyl sites for hydroxylation is 3. The molecule has 0 saturated carbocycles. The molecule has 2 aromatic carbocycles. The summed E-state index contributed by atoms with van der Waals surface area (Å²) in [4.78, 5) is 0.448. The van der Waals surface area contributed by atoms with E-state index in [2.05, 4.69) is 20.4 Å². The third-order valence-electron chi connectivity index (χ3n) is 5.56. The Labute approximate surface area is 163 Å². The van der Waals surface area contributed by atoms with Crippen LogP contribution >= 0.6 is 0 Å². The van der Waals surface area contributed by atoms with E-state index < -0.39 is 10.0 Å². The second-order valence-electron chi connectivity index (χ2n) is 8.02. The van der Waals surface area contributed by atoms with Crippen LogP contribution in [0.1, 0.15) is 42.5 Å². The van der Waals surface area contributed by atoms with E-state index >= 15 is 0 Å². The van der Waals surface area contributed by atoms with Crippen LogP contribution in [0.4, 0.5) is 0 Å². The van der Waals surface area contributed by atoms with Crippen molar-refractivity contribution in [1.82, 2.24) is 4.31 Å². The summed E-state index contributed by atoms with van der Waals surface area (Å²) >= 11 is 0. The van der Waals surface area contributed by atoms with Gasteiger partial charge in [-0.15, -0.1) is 0 Å². The molecule has 27 heavy (non-hydrogen) atoms. The first-order chi connectivity index (χ1) is 12.6. The van der Waals surface area contributed by atoms with E-state index in [1.54, 1.807) is 4.31 Å². The molecule has 4 heteroatoms. The largest absolute Gasteiger partial charge is 0.244 e. The molecule has 1 fully saturated rings. The van der Waals surface area contributed by atoms with Gasteiger partial charge in [-0.25, -0.2) is 8.42 Å². The molecule has 0 amide bonds. The average Bonchev–Trinajstić information content (AvgIpc) is 2.52. The number of hydrogen-bond donors (Lipinski definition) is 0. The topological polar surface area (TPSA) is 37.4 Å². The van der Waals surface area contributed by atoms with Gasteiger partial charge < -0.3 is 0 Å². The van der Waals surface area contributed by atoms with Gasteiger partial charge in [0.05, 0.1) is 10.9 Å². The predicted molar refractivity (Wildman–Crippen MR) is 112 cm³/mol. The number of benzene rings is 2. The molecule has 144 valence electrons. The van der Waals surface area contributed by atoms with Crippen molar-refractivity contribution in [2.24, 2.45) is 5.92 Å². The van der Waals surface area contributed by atoms with Crippen LogP contribution in [0, 0.1) is 26.7 Å². The van der Waals surface area contributed by atoms with E-state index in [0.717, 1.165) is 34.2 Å². The average molecular weight is 384 g/mol. The first kappa shape index (κ1) is 19.8. The van der Waals surface area contributed by atoms with Crippen molar-refractivity contribution < 1.29 is 8.42 Å². The summed E-state index contributed by atoms with van der Waals surface area (Å²) < 4.78 is 29.1. The fourth-order valence-electron chi connectivity index (χ4n) is 4.26. The Balaban J connectivity index is 2.06. The van der Waals surface area contributed by atoms with Crippen LogP contribution in [0.5, 0.6) is 0 Å². The Morgan fingerprint density at radius 2 is 1.63 bits per heavy atom. The monoisotopic (exact) mass is 383 g/mol. The van der Waals surface area contributed by atoms with Gasteiger partial charge in [0.1, 0.15) is 0 Å². The molecule has 0 bridgehead atoms. The number of rotatable bonds is 5. The molecular weight excluding hydrogens is 354 g/mol. The molecule has 1 aliphatic rings. The summed E-state index contributed by atoms with van der Waals surface area (Å²) in [7, 11) is -3.60. The molecule has 2 aromatic rings. The van der Waals surface area contributed by atoms with Crippen LogP contribution in [0.15, 0.2) is 53.9 Å². The van der Waals surface area contributed by atoms with Gasteiger partial charge >= 0.3 is 0 Å². The minimum Gasteiger partial charge on any atom is -0.207 e. The second kappa shape index (κ2) is 7.25. The third-order valence-corrected chi connectivity index (χ3v) is 7.80. The zero-order chi connectivity index (χ0) is 19.9. The fraction of sp³-hybridized carbons (Fsp3) is 0.391. The van der Waals surface area contributed by atoms with Gasteiger partial charge in [-0.1, -0.05) is 68.5 Å². The maximum absolute atomic E-state index is 13.7. The van der Waals surface area contributed by atoms with Crippen molar-refractivity contribution in [2.45, 2.75) is 58.0 Å². The van der Waals surface area contributed by atoms with Gasteiger partial charge in [-0.2, -0.15) is 4.31 Å². The van der Waals surface area contributed by atoms with Crippen LogP contribution in [-0.2, 0) is 10.0 Å². The highest BCUT2D eigenvalue weighted by Gasteiger charge is 2.49. The van der Waals surface area contributed by atoms with Crippen molar-refractivity contribution in [3.8, 4) is 0 Å². The van der Waals surface area contributed by atoms with Crippen molar-refractivity contribution in [3.63, 3.8) is 0 Å². The lowest BCUT2D eigenvalue weighted by molar-refractivity contribution is 0.110. The minimum absolute atomic E-state index is 0.000523. The highest BCUT2D eigenvalue weighted by atomic mass is 32.2. The van der Waals surface area contributed by atoms with Crippen molar-refractivity contribution >= 4 is 15.6 Å². The van der Waals surface area contributed by atoms with Gasteiger partial charge in [0.25, 0.3) is 0 Å². The molecular formula is C23H29NO2S. The molecule has 0 radical (unpaired) electrons. The lowest BCUT2D eigenvalue weighted by Gasteiger charge is -2.50. The standard InChI is InChI=1S/C23H29NO2S/c1-15(2)21-14-22(19(6)20-10-8-7-9-11-20)24(21)27(25,26)23-17(4)12-16(3)13-18(23)5/h7-13,15,21-22H,6,14H2,1-5H3/t21-,22-/m1/s1. The summed E-state index contributed by atoms with van der Waals surface area (Å²) in [5.74, 6) is 0.255. The molecule has 1 aliphatic heterocycles. The molecule has 0 N–H and O–H groups in total. The quantitative estimate of drug-likeness (QED) is 0.719. The Kier molecular flexibility index (Phi) is 5.33. The lowest BCUT2D eigenvalue weighted by atomic mass is 9.82. The molecule has 0 aromatic heterocycles. The maximum atomic E-state index is 13.7. The zero-order valence-corrected chi connectivity index (χ0v) is 17.7. The predicted octanol–water partition coefficient (Wildman–Crippen LogP) is 5.11. The third kappa shape index (κ3) is 3.48. The van der Waals surface area contributed by atoms with E-state index in [9.17, 15) is 8.42 Å². The van der Waals surface area contributed by atoms with E-state index in [0.29, 0.717) is 4.90 Å². The Bertz CT molecular complexity index is 938. The lowest BCUT2D eigenvalue weighted by Crippen LogP contribution is -2.60. The van der Waals surface area contributed by atoms with Gasteiger partial charge in [-0.05, 0) is 55.4 Å². The first-order valence-electron chi connectivity index (χ1n) is 9.50. The summed E-state index contributed by atoms with van der Waals surface area (Å²) in [6, 6.07) is 13.6. The zero-order valence-electron chi connectivity index (χ0n) is 16.9. The summed E-state index contributed by atoms with van der Waals surface area (Å²) in [5.41, 5.74) is 4.58. The molecule has 1 heterocycles. The Morgan fingerprint density at radius 1 is 1.07 bits per heavy atom. The van der Waals surface area contributed by atoms with E-state index in [-0.39, 0.29) is 18.0 Å². The van der Waals surface area contributed by atoms with Crippen LogP contribution in [-0.4, -0.2) is 24.8 Å². The highest BCUT2D eigenvalue weighted by Crippen LogP contribution is 2.43. The van der Waals surface area contributed by atoms with Crippen LogP contribution in [0.25, 0.3) is 5.57 Å². The summed E-state index contributed by atoms with van der Waals surface area (Å²) in [6.45, 7) is 14.2. The van der Waals surface area contributed by atoms with Crippen molar-refractivity contribution in [2.75, 3.05) is 0 Å². The Morgan fingerprint density at radius 3 is 2.15 bits per heavy atom. The van der Waals surface area contributed by atoms with Crippen LogP contribution in [0.3, 0.4) is 0 Å². The normalized spacial score (nSPS) is 20.5. The summed E-state index contributed by atoms with van der Waals surface area (Å²) in [5, 5.41) is 0. The highest BCUT2D eigenvalue weighted by molar-refractivity contribution is 7.89. The SMILES string of the molecule is C=C(c1ccccc1)[C@H]1C[C@H](C(C)C)N1S(=O)(=O)c1c(C)cc(C)cc1C. The fourth-order valence-corrected chi connectivity index (χ4v) is 6.64. The maximum Gasteiger partial charge on any atom is 0.244 e. The second-order valence-corrected chi connectivity index (χ2v) is 9.80. The molecule has 2 atom stereocenters. The number of hydrogen-bond acceptors (Lipinski definition) is 2. The van der Waals surface area contributed by atoms with Crippen molar-refractivity contribution in [3.05, 3.63) is 71.3 Å². The minimum atomic E-state index is -3.60. The number of nitrogens with zero attached hydrogens (tertiary/aromatic N) is 1. The molecule has 1 saturated heterocycles. The van der Waals surface area contributed by atoms with E-state index in [1.165, 1.54) is 0 Å². The number of sulfonamides is 1. The van der Waals surface area contributed by atoms with Crippen LogP contribution < -0.4 is 0 Å². The molecule has 0 unspecified atom stereocenters. The van der Waals surface area contributed by atoms with E-state index in [4.69, 9.17) is 0 Å². The van der Waals surface area contributed by atoms with E-state index in [1.807, 2.05) is 63.2 Å². The molecule has 3 nitrogen and oxygen atoms in total. The van der Waals surface area contributed by atoms with Gasteiger partial charge in [0.15, 0.2) is 0 Å². The molecule has 0 spiro atoms. The first-order valence-corrected chi connectivity index (χ1v) is 10.9. The van der Waals surface area contributed by atoms with Gasteiger partial charge in [0, 0.05) is 6.04 Å². The molecule has 0 aliphatic carbocycles. The molecule has 3 rings (SSSR count). The summed E-state index contributed by atoms with van der Waals surface area (Å²) in [6.07, 6.45) is 0.814. The van der Waals surface area contributed by atoms with Gasteiger partial charge in [-0.3, -0.25) is 0 Å². The Hall–Kier alpha value is -1.91. The van der Waals surface area contributed by atoms with Gasteiger partial charge in [0.2, 0.25) is 10.0 Å². The van der Waals surface area contributed by atoms with Crippen LogP contribution in [0.2, 0.25) is 0 Å². The van der Waals surface area contributed by atoms with Crippen molar-refractivity contribution in [1.29, 1.82) is 0 Å². The smallest absolute Gasteiger partial charge is 0.207 e.